The molecule has 0 heterocycles. The van der Waals surface area contributed by atoms with Crippen LogP contribution >= 0.6 is 0 Å². The van der Waals surface area contributed by atoms with E-state index < -0.39 is 0 Å². The van der Waals surface area contributed by atoms with Crippen LogP contribution in [0.5, 0.6) is 0 Å². The lowest BCUT2D eigenvalue weighted by Gasteiger charge is -2.27. The Morgan fingerprint density at radius 1 is 0.920 bits per heavy atom. The van der Waals surface area contributed by atoms with Crippen LogP contribution in [-0.2, 0) is 0 Å². The van der Waals surface area contributed by atoms with Gasteiger partial charge in [-0.25, -0.2) is 0 Å². The van der Waals surface area contributed by atoms with Crippen LogP contribution in [0.2, 0.25) is 0 Å². The first kappa shape index (κ1) is 17.0. The Balaban J connectivity index is 2.01. The van der Waals surface area contributed by atoms with Crippen molar-refractivity contribution >= 4 is 17.0 Å². The summed E-state index contributed by atoms with van der Waals surface area (Å²) in [6, 6.07) is 15.6. The highest BCUT2D eigenvalue weighted by Crippen LogP contribution is 2.37. The molecule has 0 saturated heterocycles. The van der Waals surface area contributed by atoms with Gasteiger partial charge in [0.2, 0.25) is 0 Å². The number of rotatable bonds is 2. The van der Waals surface area contributed by atoms with Gasteiger partial charge in [-0.15, -0.1) is 0 Å². The average Bonchev–Trinajstić information content (AvgIpc) is 2.58. The maximum Gasteiger partial charge on any atom is 0.190 e. The lowest BCUT2D eigenvalue weighted by atomic mass is 9.76. The van der Waals surface area contributed by atoms with Crippen LogP contribution in [-0.4, -0.2) is 5.78 Å². The molecule has 3 nitrogen and oxygen atoms in total. The Labute approximate surface area is 148 Å². The molecule has 1 aliphatic rings. The van der Waals surface area contributed by atoms with E-state index in [4.69, 9.17) is 0 Å². The molecule has 0 spiro atoms. The number of ketones is 1. The lowest BCUT2D eigenvalue weighted by molar-refractivity contribution is 0.101. The number of hydrogen-bond donors (Lipinski definition) is 0. The van der Waals surface area contributed by atoms with Crippen LogP contribution < -0.4 is 0 Å². The van der Waals surface area contributed by atoms with Gasteiger partial charge in [-0.3, -0.25) is 4.79 Å². The SMILES string of the molecule is Cc1ccc(N=NC=C2C=C(C(C)(C)C)C(=O)c3ccccc32)cc1. The minimum atomic E-state index is -0.224. The van der Waals surface area contributed by atoms with E-state index >= 15 is 0 Å². The van der Waals surface area contributed by atoms with Crippen LogP contribution in [0.3, 0.4) is 0 Å². The molecule has 0 amide bonds. The van der Waals surface area contributed by atoms with E-state index in [0.717, 1.165) is 28.0 Å². The molecule has 2 aromatic carbocycles. The van der Waals surface area contributed by atoms with Gasteiger partial charge in [0, 0.05) is 16.7 Å². The van der Waals surface area contributed by atoms with E-state index in [1.165, 1.54) is 5.56 Å². The molecule has 0 N–H and O–H groups in total. The first-order chi connectivity index (χ1) is 11.9. The van der Waals surface area contributed by atoms with Crippen LogP contribution in [0.4, 0.5) is 5.69 Å². The Morgan fingerprint density at radius 2 is 1.56 bits per heavy atom. The normalized spacial score (nSPS) is 16.2. The number of nitrogens with zero attached hydrogens (tertiary/aromatic N) is 2. The van der Waals surface area contributed by atoms with Crippen molar-refractivity contribution in [1.82, 2.24) is 0 Å². The number of fused-ring (bicyclic) bond motifs is 1. The molecule has 0 fully saturated rings. The summed E-state index contributed by atoms with van der Waals surface area (Å²) in [5.41, 5.74) is 5.11. The first-order valence-corrected chi connectivity index (χ1v) is 8.40. The molecular weight excluding hydrogens is 308 g/mol. The molecule has 0 bridgehead atoms. The minimum absolute atomic E-state index is 0.0933. The van der Waals surface area contributed by atoms with E-state index in [2.05, 4.69) is 31.0 Å². The predicted octanol–water partition coefficient (Wildman–Crippen LogP) is 6.29. The quantitative estimate of drug-likeness (QED) is 0.597. The maximum atomic E-state index is 12.8. The number of aryl methyl sites for hydroxylation is 1. The Kier molecular flexibility index (Phi) is 4.49. The molecule has 0 unspecified atom stereocenters. The van der Waals surface area contributed by atoms with Crippen LogP contribution in [0.25, 0.3) is 5.57 Å². The molecular formula is C22H22N2O. The molecule has 1 aliphatic carbocycles. The second kappa shape index (κ2) is 6.60. The number of azo groups is 1. The van der Waals surface area contributed by atoms with Crippen LogP contribution in [0, 0.1) is 12.3 Å². The fourth-order valence-corrected chi connectivity index (χ4v) is 2.81. The third-order valence-electron chi connectivity index (χ3n) is 4.24. The third-order valence-corrected chi connectivity index (χ3v) is 4.24. The number of carbonyl (C=O) groups excluding carboxylic acids is 1. The smallest absolute Gasteiger partial charge is 0.190 e. The number of benzene rings is 2. The summed E-state index contributed by atoms with van der Waals surface area (Å²) in [4.78, 5) is 12.8. The minimum Gasteiger partial charge on any atom is -0.289 e. The first-order valence-electron chi connectivity index (χ1n) is 8.40. The van der Waals surface area contributed by atoms with Crippen LogP contribution in [0.15, 0.2) is 76.6 Å². The second-order valence-electron chi connectivity index (χ2n) is 7.32. The highest BCUT2D eigenvalue weighted by molar-refractivity contribution is 6.16. The van der Waals surface area contributed by atoms with Crippen molar-refractivity contribution in [2.75, 3.05) is 0 Å². The molecule has 25 heavy (non-hydrogen) atoms. The fourth-order valence-electron chi connectivity index (χ4n) is 2.81. The monoisotopic (exact) mass is 330 g/mol. The largest absolute Gasteiger partial charge is 0.289 e. The van der Waals surface area contributed by atoms with E-state index in [-0.39, 0.29) is 11.2 Å². The summed E-state index contributed by atoms with van der Waals surface area (Å²) in [5.74, 6) is 0.0933. The number of Topliss-reactive ketones (excluding diaryl/α,β-unsaturated/α-hetero) is 1. The van der Waals surface area contributed by atoms with Gasteiger partial charge >= 0.3 is 0 Å². The summed E-state index contributed by atoms with van der Waals surface area (Å²) < 4.78 is 0. The zero-order chi connectivity index (χ0) is 18.0. The van der Waals surface area contributed by atoms with E-state index in [0.29, 0.717) is 0 Å². The van der Waals surface area contributed by atoms with Crippen molar-refractivity contribution in [2.24, 2.45) is 15.6 Å². The van der Waals surface area contributed by atoms with Gasteiger partial charge in [0.05, 0.1) is 11.9 Å². The van der Waals surface area contributed by atoms with Crippen molar-refractivity contribution in [2.45, 2.75) is 27.7 Å². The van der Waals surface area contributed by atoms with Crippen molar-refractivity contribution in [3.8, 4) is 0 Å². The number of hydrogen-bond acceptors (Lipinski definition) is 3. The maximum absolute atomic E-state index is 12.8. The Hall–Kier alpha value is -2.81. The van der Waals surface area contributed by atoms with Crippen molar-refractivity contribution in [1.29, 1.82) is 0 Å². The second-order valence-corrected chi connectivity index (χ2v) is 7.32. The number of allylic oxidation sites excluding steroid dienone is 3. The van der Waals surface area contributed by atoms with Gasteiger partial charge in [0.25, 0.3) is 0 Å². The zero-order valence-electron chi connectivity index (χ0n) is 15.1. The van der Waals surface area contributed by atoms with Gasteiger partial charge in [-0.2, -0.15) is 10.2 Å². The summed E-state index contributed by atoms with van der Waals surface area (Å²) >= 11 is 0. The predicted molar refractivity (Wildman–Crippen MR) is 102 cm³/mol. The molecule has 0 atom stereocenters. The summed E-state index contributed by atoms with van der Waals surface area (Å²) in [6.45, 7) is 8.19. The molecule has 0 radical (unpaired) electrons. The topological polar surface area (TPSA) is 41.8 Å². The Morgan fingerprint density at radius 3 is 2.20 bits per heavy atom. The van der Waals surface area contributed by atoms with E-state index in [1.807, 2.05) is 61.5 Å². The van der Waals surface area contributed by atoms with Gasteiger partial charge < -0.3 is 0 Å². The molecule has 126 valence electrons. The van der Waals surface area contributed by atoms with E-state index in [9.17, 15) is 4.79 Å². The van der Waals surface area contributed by atoms with Crippen molar-refractivity contribution in [3.05, 3.63) is 83.1 Å². The average molecular weight is 330 g/mol. The van der Waals surface area contributed by atoms with Gasteiger partial charge in [0.1, 0.15) is 0 Å². The van der Waals surface area contributed by atoms with Gasteiger partial charge in [-0.05, 0) is 36.1 Å². The number of carbonyl (C=O) groups is 1. The molecule has 3 heteroatoms. The summed E-state index contributed by atoms with van der Waals surface area (Å²) in [6.07, 6.45) is 3.68. The molecule has 3 rings (SSSR count). The standard InChI is InChI=1S/C22H22N2O/c1-15-9-11-17(12-10-15)24-23-14-16-13-20(22(2,3)4)21(25)19-8-6-5-7-18(16)19/h5-14H,1-4H3. The van der Waals surface area contributed by atoms with Gasteiger partial charge in [0.15, 0.2) is 5.78 Å². The van der Waals surface area contributed by atoms with Gasteiger partial charge in [-0.1, -0.05) is 62.7 Å². The fraction of sp³-hybridized carbons (Fsp3) is 0.227. The summed E-state index contributed by atoms with van der Waals surface area (Å²) in [7, 11) is 0. The molecule has 0 saturated carbocycles. The molecule has 0 aliphatic heterocycles. The molecule has 0 aromatic heterocycles. The highest BCUT2D eigenvalue weighted by atomic mass is 16.1. The van der Waals surface area contributed by atoms with Crippen molar-refractivity contribution < 1.29 is 4.79 Å². The Bertz CT molecular complexity index is 894. The summed E-state index contributed by atoms with van der Waals surface area (Å²) in [5, 5.41) is 8.50. The van der Waals surface area contributed by atoms with Crippen LogP contribution in [0.1, 0.15) is 42.3 Å². The third kappa shape index (κ3) is 3.66. The van der Waals surface area contributed by atoms with E-state index in [1.54, 1.807) is 6.20 Å². The van der Waals surface area contributed by atoms with Crippen molar-refractivity contribution in [3.63, 3.8) is 0 Å². The zero-order valence-corrected chi connectivity index (χ0v) is 15.1. The lowest BCUT2D eigenvalue weighted by Crippen LogP contribution is -2.22. The highest BCUT2D eigenvalue weighted by Gasteiger charge is 2.30. The molecule has 2 aromatic rings.